The zero-order chi connectivity index (χ0) is 14.0. The molecule has 1 aromatic heterocycles. The van der Waals surface area contributed by atoms with Crippen LogP contribution in [0.3, 0.4) is 0 Å². The number of hydrogen-bond donors (Lipinski definition) is 2. The molecular weight excluding hydrogens is 287 g/mol. The molecule has 1 heterocycles. The van der Waals surface area contributed by atoms with Gasteiger partial charge in [-0.1, -0.05) is 0 Å². The second-order valence-corrected chi connectivity index (χ2v) is 6.84. The highest BCUT2D eigenvalue weighted by Gasteiger charge is 2.16. The van der Waals surface area contributed by atoms with E-state index in [0.29, 0.717) is 0 Å². The van der Waals surface area contributed by atoms with E-state index in [4.69, 9.17) is 5.73 Å². The Kier molecular flexibility index (Phi) is 3.88. The normalized spacial score (nSPS) is 11.7. The molecule has 3 N–H and O–H groups in total. The van der Waals surface area contributed by atoms with Crippen molar-refractivity contribution in [1.82, 2.24) is 4.72 Å². The van der Waals surface area contributed by atoms with Crippen LogP contribution in [0.2, 0.25) is 0 Å². The van der Waals surface area contributed by atoms with Gasteiger partial charge in [0.15, 0.2) is 0 Å². The topological polar surface area (TPSA) is 72.2 Å². The summed E-state index contributed by atoms with van der Waals surface area (Å²) in [6.07, 6.45) is 0. The molecule has 0 amide bonds. The average molecular weight is 300 g/mol. The maximum atomic E-state index is 13.2. The van der Waals surface area contributed by atoms with Gasteiger partial charge >= 0.3 is 0 Å². The number of nitrogen functional groups attached to an aromatic ring is 1. The highest BCUT2D eigenvalue weighted by Crippen LogP contribution is 2.18. The number of anilines is 1. The van der Waals surface area contributed by atoms with E-state index >= 15 is 0 Å². The number of hydrogen-bond acceptors (Lipinski definition) is 4. The predicted molar refractivity (Wildman–Crippen MR) is 73.9 cm³/mol. The Balaban J connectivity index is 2.21. The van der Waals surface area contributed by atoms with E-state index in [0.717, 1.165) is 22.6 Å². The quantitative estimate of drug-likeness (QED) is 0.851. The van der Waals surface area contributed by atoms with Gasteiger partial charge in [0.25, 0.3) is 0 Å². The summed E-state index contributed by atoms with van der Waals surface area (Å²) in [7, 11) is -3.76. The molecule has 0 bridgehead atoms. The molecule has 0 saturated heterocycles. The molecule has 0 aliphatic rings. The van der Waals surface area contributed by atoms with Crippen LogP contribution < -0.4 is 10.5 Å². The van der Waals surface area contributed by atoms with Crippen molar-refractivity contribution in [3.63, 3.8) is 0 Å². The fourth-order valence-corrected chi connectivity index (χ4v) is 3.57. The van der Waals surface area contributed by atoms with Gasteiger partial charge in [-0.05, 0) is 42.1 Å². The van der Waals surface area contributed by atoms with Gasteiger partial charge in [-0.2, -0.15) is 0 Å². The predicted octanol–water partition coefficient (Wildman–Crippen LogP) is 2.26. The molecule has 0 aliphatic carbocycles. The molecule has 0 atom stereocenters. The molecule has 2 aromatic rings. The van der Waals surface area contributed by atoms with Crippen molar-refractivity contribution in [2.75, 3.05) is 5.73 Å². The van der Waals surface area contributed by atoms with Crippen LogP contribution in [-0.4, -0.2) is 8.42 Å². The first kappa shape index (κ1) is 14.0. The summed E-state index contributed by atoms with van der Waals surface area (Å²) >= 11 is 1.47. The van der Waals surface area contributed by atoms with Crippen molar-refractivity contribution in [2.45, 2.75) is 18.4 Å². The zero-order valence-electron chi connectivity index (χ0n) is 10.2. The number of benzene rings is 1. The van der Waals surface area contributed by atoms with Crippen LogP contribution in [0.1, 0.15) is 10.4 Å². The van der Waals surface area contributed by atoms with Gasteiger partial charge in [-0.3, -0.25) is 0 Å². The molecule has 2 rings (SSSR count). The van der Waals surface area contributed by atoms with Crippen molar-refractivity contribution >= 4 is 27.0 Å². The minimum Gasteiger partial charge on any atom is -0.399 e. The first-order valence-corrected chi connectivity index (χ1v) is 7.83. The van der Waals surface area contributed by atoms with Crippen LogP contribution in [0.5, 0.6) is 0 Å². The molecule has 0 fully saturated rings. The van der Waals surface area contributed by atoms with Gasteiger partial charge in [0, 0.05) is 17.1 Å². The Hall–Kier alpha value is -1.44. The second-order valence-electron chi connectivity index (χ2n) is 4.07. The van der Waals surface area contributed by atoms with Crippen molar-refractivity contribution in [1.29, 1.82) is 0 Å². The lowest BCUT2D eigenvalue weighted by Gasteiger charge is -2.07. The minimum absolute atomic E-state index is 0.0766. The molecule has 0 unspecified atom stereocenters. The van der Waals surface area contributed by atoms with E-state index in [2.05, 4.69) is 4.72 Å². The van der Waals surface area contributed by atoms with E-state index in [1.807, 2.05) is 18.4 Å². The molecular formula is C12H13FN2O2S2. The molecule has 0 radical (unpaired) electrons. The number of nitrogens with one attached hydrogen (secondary N) is 1. The number of halogens is 1. The van der Waals surface area contributed by atoms with Crippen molar-refractivity contribution < 1.29 is 12.8 Å². The third-order valence-corrected chi connectivity index (χ3v) is 5.00. The minimum atomic E-state index is -3.76. The lowest BCUT2D eigenvalue weighted by molar-refractivity contribution is 0.578. The molecule has 0 spiro atoms. The van der Waals surface area contributed by atoms with E-state index < -0.39 is 15.8 Å². The molecule has 0 aliphatic heterocycles. The number of sulfonamides is 1. The van der Waals surface area contributed by atoms with Gasteiger partial charge in [0.05, 0.1) is 4.90 Å². The molecule has 102 valence electrons. The van der Waals surface area contributed by atoms with E-state index in [1.165, 1.54) is 17.4 Å². The van der Waals surface area contributed by atoms with Gasteiger partial charge < -0.3 is 5.73 Å². The van der Waals surface area contributed by atoms with Crippen LogP contribution in [0, 0.1) is 12.7 Å². The van der Waals surface area contributed by atoms with E-state index in [1.54, 1.807) is 0 Å². The highest BCUT2D eigenvalue weighted by atomic mass is 32.2. The van der Waals surface area contributed by atoms with Gasteiger partial charge in [0.2, 0.25) is 10.0 Å². The largest absolute Gasteiger partial charge is 0.399 e. The average Bonchev–Trinajstić information content (AvgIpc) is 2.71. The number of aryl methyl sites for hydroxylation is 1. The summed E-state index contributed by atoms with van der Waals surface area (Å²) in [5, 5.41) is 1.89. The second kappa shape index (κ2) is 5.28. The standard InChI is InChI=1S/C12H13FN2O2S2/c1-8-2-3-18-12(8)7-15-19(16,17)11-5-9(13)4-10(14)6-11/h2-6,15H,7,14H2,1H3. The Morgan fingerprint density at radius 3 is 2.68 bits per heavy atom. The van der Waals surface area contributed by atoms with Crippen LogP contribution in [0.25, 0.3) is 0 Å². The van der Waals surface area contributed by atoms with Crippen LogP contribution in [0.15, 0.2) is 34.5 Å². The lowest BCUT2D eigenvalue weighted by atomic mass is 10.3. The Bertz CT molecular complexity index is 675. The fraction of sp³-hybridized carbons (Fsp3) is 0.167. The number of thiophene rings is 1. The summed E-state index contributed by atoms with van der Waals surface area (Å²) in [4.78, 5) is 0.757. The van der Waals surface area contributed by atoms with E-state index in [-0.39, 0.29) is 17.1 Å². The Morgan fingerprint density at radius 2 is 2.11 bits per heavy atom. The summed E-state index contributed by atoms with van der Waals surface area (Å²) in [5.74, 6) is -0.673. The monoisotopic (exact) mass is 300 g/mol. The maximum Gasteiger partial charge on any atom is 0.241 e. The highest BCUT2D eigenvalue weighted by molar-refractivity contribution is 7.89. The summed E-state index contributed by atoms with van der Waals surface area (Å²) in [6, 6.07) is 5.16. The summed E-state index contributed by atoms with van der Waals surface area (Å²) < 4.78 is 39.6. The van der Waals surface area contributed by atoms with Crippen LogP contribution in [0.4, 0.5) is 10.1 Å². The number of rotatable bonds is 4. The van der Waals surface area contributed by atoms with Gasteiger partial charge in [-0.15, -0.1) is 11.3 Å². The lowest BCUT2D eigenvalue weighted by Crippen LogP contribution is -2.23. The van der Waals surface area contributed by atoms with E-state index in [9.17, 15) is 12.8 Å². The van der Waals surface area contributed by atoms with Crippen LogP contribution >= 0.6 is 11.3 Å². The van der Waals surface area contributed by atoms with Gasteiger partial charge in [-0.25, -0.2) is 17.5 Å². The smallest absolute Gasteiger partial charge is 0.241 e. The SMILES string of the molecule is Cc1ccsc1CNS(=O)(=O)c1cc(N)cc(F)c1. The number of nitrogens with two attached hydrogens (primary N) is 1. The third-order valence-electron chi connectivity index (χ3n) is 2.59. The molecule has 0 saturated carbocycles. The van der Waals surface area contributed by atoms with Crippen molar-refractivity contribution in [2.24, 2.45) is 0 Å². The zero-order valence-corrected chi connectivity index (χ0v) is 11.8. The van der Waals surface area contributed by atoms with Crippen molar-refractivity contribution in [3.8, 4) is 0 Å². The summed E-state index contributed by atoms with van der Waals surface area (Å²) in [6.45, 7) is 2.09. The Morgan fingerprint density at radius 1 is 1.37 bits per heavy atom. The first-order valence-electron chi connectivity index (χ1n) is 5.47. The maximum absolute atomic E-state index is 13.2. The van der Waals surface area contributed by atoms with Gasteiger partial charge in [0.1, 0.15) is 5.82 Å². The molecule has 1 aromatic carbocycles. The van der Waals surface area contributed by atoms with Crippen LogP contribution in [-0.2, 0) is 16.6 Å². The fourth-order valence-electron chi connectivity index (χ4n) is 1.57. The Labute approximate surface area is 115 Å². The molecule has 4 nitrogen and oxygen atoms in total. The van der Waals surface area contributed by atoms with Crippen molar-refractivity contribution in [3.05, 3.63) is 45.9 Å². The summed E-state index contributed by atoms with van der Waals surface area (Å²) in [5.41, 5.74) is 6.54. The molecule has 19 heavy (non-hydrogen) atoms. The first-order chi connectivity index (χ1) is 8.88. The molecule has 7 heteroatoms. The third kappa shape index (κ3) is 3.31.